The van der Waals surface area contributed by atoms with E-state index >= 15 is 0 Å². The first-order valence-electron chi connectivity index (χ1n) is 9.45. The standard InChI is InChI=1S/C22H26N2O4/c1-16-8-9-19(14-17(16)2)28-15-20(25)23-21(18-6-4-3-5-7-18)22(26)24-10-12-27-13-11-24/h3-9,14,21H,10-13,15H2,1-2H3,(H,23,25)/t21-/m0/s1. The number of morpholine rings is 1. The number of benzene rings is 2. The zero-order chi connectivity index (χ0) is 19.9. The first-order chi connectivity index (χ1) is 13.5. The van der Waals surface area contributed by atoms with E-state index in [2.05, 4.69) is 5.32 Å². The highest BCUT2D eigenvalue weighted by Gasteiger charge is 2.28. The van der Waals surface area contributed by atoms with E-state index < -0.39 is 6.04 Å². The maximum Gasteiger partial charge on any atom is 0.258 e. The highest BCUT2D eigenvalue weighted by molar-refractivity contribution is 5.89. The highest BCUT2D eigenvalue weighted by Crippen LogP contribution is 2.18. The zero-order valence-electron chi connectivity index (χ0n) is 16.3. The maximum atomic E-state index is 13.0. The molecule has 148 valence electrons. The first kappa shape index (κ1) is 19.9. The van der Waals surface area contributed by atoms with Gasteiger partial charge in [-0.1, -0.05) is 36.4 Å². The maximum absolute atomic E-state index is 13.0. The molecule has 0 bridgehead atoms. The van der Waals surface area contributed by atoms with Crippen LogP contribution in [0.25, 0.3) is 0 Å². The fourth-order valence-electron chi connectivity index (χ4n) is 3.05. The van der Waals surface area contributed by atoms with Gasteiger partial charge < -0.3 is 19.7 Å². The Morgan fingerprint density at radius 1 is 1.07 bits per heavy atom. The molecular formula is C22H26N2O4. The van der Waals surface area contributed by atoms with Gasteiger partial charge in [-0.25, -0.2) is 0 Å². The van der Waals surface area contributed by atoms with Gasteiger partial charge in [0.2, 0.25) is 5.91 Å². The Kier molecular flexibility index (Phi) is 6.66. The molecule has 3 rings (SSSR count). The highest BCUT2D eigenvalue weighted by atomic mass is 16.5. The molecular weight excluding hydrogens is 356 g/mol. The number of carbonyl (C=O) groups is 2. The van der Waals surface area contributed by atoms with Crippen LogP contribution in [-0.4, -0.2) is 49.6 Å². The molecule has 2 aromatic carbocycles. The van der Waals surface area contributed by atoms with Crippen molar-refractivity contribution in [2.45, 2.75) is 19.9 Å². The summed E-state index contributed by atoms with van der Waals surface area (Å²) in [5, 5.41) is 2.83. The van der Waals surface area contributed by atoms with Crippen molar-refractivity contribution >= 4 is 11.8 Å². The van der Waals surface area contributed by atoms with E-state index in [0.717, 1.165) is 16.7 Å². The van der Waals surface area contributed by atoms with Gasteiger partial charge in [0.25, 0.3) is 5.91 Å². The molecule has 0 saturated carbocycles. The summed E-state index contributed by atoms with van der Waals surface area (Å²) in [6, 6.07) is 14.2. The van der Waals surface area contributed by atoms with Gasteiger partial charge in [-0.2, -0.15) is 0 Å². The number of carbonyl (C=O) groups excluding carboxylic acids is 2. The van der Waals surface area contributed by atoms with Crippen LogP contribution in [0.3, 0.4) is 0 Å². The van der Waals surface area contributed by atoms with Gasteiger partial charge in [-0.15, -0.1) is 0 Å². The summed E-state index contributed by atoms with van der Waals surface area (Å²) in [6.07, 6.45) is 0. The first-order valence-corrected chi connectivity index (χ1v) is 9.45. The molecule has 0 aliphatic carbocycles. The van der Waals surface area contributed by atoms with Gasteiger partial charge in [0.1, 0.15) is 11.8 Å². The van der Waals surface area contributed by atoms with E-state index in [1.54, 1.807) is 4.90 Å². The summed E-state index contributed by atoms with van der Waals surface area (Å²) in [4.78, 5) is 27.2. The largest absolute Gasteiger partial charge is 0.484 e. The third-order valence-electron chi connectivity index (χ3n) is 4.86. The van der Waals surface area contributed by atoms with E-state index in [9.17, 15) is 9.59 Å². The summed E-state index contributed by atoms with van der Waals surface area (Å²) in [5.74, 6) is 0.164. The van der Waals surface area contributed by atoms with Crippen molar-refractivity contribution in [3.8, 4) is 5.75 Å². The van der Waals surface area contributed by atoms with Crippen LogP contribution in [0.2, 0.25) is 0 Å². The van der Waals surface area contributed by atoms with Gasteiger partial charge in [-0.05, 0) is 42.7 Å². The summed E-state index contributed by atoms with van der Waals surface area (Å²) in [5.41, 5.74) is 3.01. The van der Waals surface area contributed by atoms with E-state index in [-0.39, 0.29) is 18.4 Å². The van der Waals surface area contributed by atoms with Crippen molar-refractivity contribution in [3.05, 3.63) is 65.2 Å². The summed E-state index contributed by atoms with van der Waals surface area (Å²) < 4.78 is 10.9. The molecule has 2 aromatic rings. The molecule has 1 atom stereocenters. The van der Waals surface area contributed by atoms with E-state index in [4.69, 9.17) is 9.47 Å². The van der Waals surface area contributed by atoms with Crippen molar-refractivity contribution in [1.29, 1.82) is 0 Å². The van der Waals surface area contributed by atoms with Crippen LogP contribution < -0.4 is 10.1 Å². The number of rotatable bonds is 6. The van der Waals surface area contributed by atoms with E-state index in [0.29, 0.717) is 32.1 Å². The third-order valence-corrected chi connectivity index (χ3v) is 4.86. The topological polar surface area (TPSA) is 67.9 Å². The minimum absolute atomic E-state index is 0.131. The molecule has 6 heteroatoms. The van der Waals surface area contributed by atoms with Crippen LogP contribution in [0.5, 0.6) is 5.75 Å². The smallest absolute Gasteiger partial charge is 0.258 e. The average molecular weight is 382 g/mol. The van der Waals surface area contributed by atoms with Crippen molar-refractivity contribution in [3.63, 3.8) is 0 Å². The van der Waals surface area contributed by atoms with Crippen LogP contribution in [0.4, 0.5) is 0 Å². The Bertz CT molecular complexity index is 817. The minimum Gasteiger partial charge on any atom is -0.484 e. The van der Waals surface area contributed by atoms with Crippen LogP contribution in [-0.2, 0) is 14.3 Å². The molecule has 0 radical (unpaired) electrons. The lowest BCUT2D eigenvalue weighted by atomic mass is 10.1. The quantitative estimate of drug-likeness (QED) is 0.833. The molecule has 0 spiro atoms. The lowest BCUT2D eigenvalue weighted by Crippen LogP contribution is -2.48. The minimum atomic E-state index is -0.741. The lowest BCUT2D eigenvalue weighted by Gasteiger charge is -2.31. The van der Waals surface area contributed by atoms with E-state index in [1.807, 2.05) is 62.4 Å². The monoisotopic (exact) mass is 382 g/mol. The molecule has 28 heavy (non-hydrogen) atoms. The molecule has 1 saturated heterocycles. The molecule has 1 N–H and O–H groups in total. The molecule has 0 unspecified atom stereocenters. The number of aryl methyl sites for hydroxylation is 2. The Morgan fingerprint density at radius 3 is 2.46 bits per heavy atom. The molecule has 1 heterocycles. The van der Waals surface area contributed by atoms with Gasteiger partial charge in [0, 0.05) is 13.1 Å². The second kappa shape index (κ2) is 9.37. The second-order valence-corrected chi connectivity index (χ2v) is 6.88. The summed E-state index contributed by atoms with van der Waals surface area (Å²) >= 11 is 0. The molecule has 1 fully saturated rings. The number of hydrogen-bond donors (Lipinski definition) is 1. The van der Waals surface area contributed by atoms with Crippen molar-refractivity contribution in [2.24, 2.45) is 0 Å². The molecule has 6 nitrogen and oxygen atoms in total. The molecule has 1 aliphatic rings. The predicted octanol–water partition coefficient (Wildman–Crippen LogP) is 2.40. The summed E-state index contributed by atoms with van der Waals surface area (Å²) in [6.45, 7) is 5.94. The van der Waals surface area contributed by atoms with Gasteiger partial charge >= 0.3 is 0 Å². The number of nitrogens with one attached hydrogen (secondary N) is 1. The Labute approximate surface area is 165 Å². The Balaban J connectivity index is 1.67. The number of amides is 2. The van der Waals surface area contributed by atoms with Crippen LogP contribution in [0.15, 0.2) is 48.5 Å². The number of nitrogens with zero attached hydrogens (tertiary/aromatic N) is 1. The normalized spacial score (nSPS) is 15.0. The fraction of sp³-hybridized carbons (Fsp3) is 0.364. The Morgan fingerprint density at radius 2 is 1.79 bits per heavy atom. The number of ether oxygens (including phenoxy) is 2. The third kappa shape index (κ3) is 5.10. The van der Waals surface area contributed by atoms with Gasteiger partial charge in [-0.3, -0.25) is 9.59 Å². The predicted molar refractivity (Wildman–Crippen MR) is 106 cm³/mol. The van der Waals surface area contributed by atoms with Crippen molar-refractivity contribution in [1.82, 2.24) is 10.2 Å². The second-order valence-electron chi connectivity index (χ2n) is 6.88. The van der Waals surface area contributed by atoms with E-state index in [1.165, 1.54) is 0 Å². The van der Waals surface area contributed by atoms with Gasteiger partial charge in [0.05, 0.1) is 13.2 Å². The van der Waals surface area contributed by atoms with Crippen molar-refractivity contribution in [2.75, 3.05) is 32.9 Å². The average Bonchev–Trinajstić information content (AvgIpc) is 2.73. The SMILES string of the molecule is Cc1ccc(OCC(=O)N[C@H](C(=O)N2CCOCC2)c2ccccc2)cc1C. The van der Waals surface area contributed by atoms with Crippen LogP contribution in [0, 0.1) is 13.8 Å². The van der Waals surface area contributed by atoms with Crippen LogP contribution in [0.1, 0.15) is 22.7 Å². The lowest BCUT2D eigenvalue weighted by molar-refractivity contribution is -0.140. The van der Waals surface area contributed by atoms with Crippen LogP contribution >= 0.6 is 0 Å². The summed E-state index contributed by atoms with van der Waals surface area (Å²) in [7, 11) is 0. The molecule has 0 aromatic heterocycles. The zero-order valence-corrected chi connectivity index (χ0v) is 16.3. The fourth-order valence-corrected chi connectivity index (χ4v) is 3.05. The number of hydrogen-bond acceptors (Lipinski definition) is 4. The Hall–Kier alpha value is -2.86. The molecule has 2 amide bonds. The van der Waals surface area contributed by atoms with Crippen molar-refractivity contribution < 1.29 is 19.1 Å². The van der Waals surface area contributed by atoms with Gasteiger partial charge in [0.15, 0.2) is 6.61 Å². The molecule has 1 aliphatic heterocycles.